The lowest BCUT2D eigenvalue weighted by atomic mass is 10.2. The van der Waals surface area contributed by atoms with Crippen LogP contribution in [0.3, 0.4) is 0 Å². The third-order valence-electron chi connectivity index (χ3n) is 2.61. The second kappa shape index (κ2) is 5.86. The van der Waals surface area contributed by atoms with Crippen molar-refractivity contribution in [2.24, 2.45) is 0 Å². The lowest BCUT2D eigenvalue weighted by Gasteiger charge is -2.07. The van der Waals surface area contributed by atoms with E-state index in [1.165, 1.54) is 0 Å². The van der Waals surface area contributed by atoms with Crippen molar-refractivity contribution in [2.75, 3.05) is 11.1 Å². The van der Waals surface area contributed by atoms with E-state index in [2.05, 4.69) is 10.3 Å². The number of para-hydroxylation sites is 2. The molecule has 1 amide bonds. The quantitative estimate of drug-likeness (QED) is 0.789. The van der Waals surface area contributed by atoms with Crippen LogP contribution in [-0.2, 0) is 11.3 Å². The predicted molar refractivity (Wildman–Crippen MR) is 70.9 cm³/mol. The van der Waals surface area contributed by atoms with E-state index >= 15 is 0 Å². The maximum atomic E-state index is 11.7. The van der Waals surface area contributed by atoms with Crippen molar-refractivity contribution in [1.29, 1.82) is 0 Å². The van der Waals surface area contributed by atoms with Gasteiger partial charge in [0.05, 0.1) is 17.7 Å². The van der Waals surface area contributed by atoms with Gasteiger partial charge < -0.3 is 15.6 Å². The fourth-order valence-electron chi connectivity index (χ4n) is 1.66. The number of hydrogen-bond donors (Lipinski definition) is 2. The van der Waals surface area contributed by atoms with Crippen LogP contribution in [0.15, 0.2) is 43.0 Å². The lowest BCUT2D eigenvalue weighted by molar-refractivity contribution is -0.116. The molecule has 0 unspecified atom stereocenters. The summed E-state index contributed by atoms with van der Waals surface area (Å²) in [5.74, 6) is -0.0204. The number of hydrogen-bond acceptors (Lipinski definition) is 3. The molecule has 1 aromatic heterocycles. The number of nitrogens with zero attached hydrogens (tertiary/aromatic N) is 2. The molecule has 0 fully saturated rings. The normalized spacial score (nSPS) is 10.2. The van der Waals surface area contributed by atoms with Crippen LogP contribution in [0.2, 0.25) is 0 Å². The van der Waals surface area contributed by atoms with Crippen molar-refractivity contribution in [1.82, 2.24) is 9.55 Å². The minimum absolute atomic E-state index is 0.0204. The Morgan fingerprint density at radius 3 is 2.94 bits per heavy atom. The van der Waals surface area contributed by atoms with Crippen molar-refractivity contribution < 1.29 is 4.79 Å². The van der Waals surface area contributed by atoms with Gasteiger partial charge in [-0.2, -0.15) is 0 Å². The molecule has 2 rings (SSSR count). The molecule has 0 atom stereocenters. The number of nitrogens with two attached hydrogens (primary N) is 1. The van der Waals surface area contributed by atoms with E-state index < -0.39 is 0 Å². The molecule has 0 saturated carbocycles. The molecule has 5 nitrogen and oxygen atoms in total. The number of benzene rings is 1. The van der Waals surface area contributed by atoms with Gasteiger partial charge in [-0.3, -0.25) is 4.79 Å². The van der Waals surface area contributed by atoms with Gasteiger partial charge in [0.25, 0.3) is 0 Å². The summed E-state index contributed by atoms with van der Waals surface area (Å²) in [6.45, 7) is 0.789. The summed E-state index contributed by atoms with van der Waals surface area (Å²) in [5.41, 5.74) is 7.00. The molecule has 5 heteroatoms. The first-order valence-corrected chi connectivity index (χ1v) is 5.86. The van der Waals surface area contributed by atoms with Crippen LogP contribution in [0.25, 0.3) is 0 Å². The number of nitrogens with one attached hydrogen (secondary N) is 1. The number of anilines is 2. The maximum absolute atomic E-state index is 11.7. The standard InChI is InChI=1S/C13H16N4O/c14-11-4-1-2-5-12(11)16-13(18)6-3-8-17-9-7-15-10-17/h1-2,4-5,7,9-10H,3,6,8,14H2,(H,16,18). The predicted octanol–water partition coefficient (Wildman–Crippen LogP) is 1.88. The van der Waals surface area contributed by atoms with E-state index in [-0.39, 0.29) is 5.91 Å². The smallest absolute Gasteiger partial charge is 0.224 e. The van der Waals surface area contributed by atoms with Crippen LogP contribution in [-0.4, -0.2) is 15.5 Å². The fourth-order valence-corrected chi connectivity index (χ4v) is 1.66. The zero-order chi connectivity index (χ0) is 12.8. The summed E-state index contributed by atoms with van der Waals surface area (Å²) in [6.07, 6.45) is 6.59. The van der Waals surface area contributed by atoms with E-state index in [0.29, 0.717) is 17.8 Å². The van der Waals surface area contributed by atoms with Crippen LogP contribution < -0.4 is 11.1 Å². The van der Waals surface area contributed by atoms with Crippen LogP contribution in [0.4, 0.5) is 11.4 Å². The third-order valence-corrected chi connectivity index (χ3v) is 2.61. The summed E-state index contributed by atoms with van der Waals surface area (Å²) in [6, 6.07) is 7.24. The monoisotopic (exact) mass is 244 g/mol. The largest absolute Gasteiger partial charge is 0.397 e. The molecule has 0 bridgehead atoms. The maximum Gasteiger partial charge on any atom is 0.224 e. The Balaban J connectivity index is 1.77. The molecule has 18 heavy (non-hydrogen) atoms. The molecular formula is C13H16N4O. The van der Waals surface area contributed by atoms with Crippen molar-refractivity contribution in [3.8, 4) is 0 Å². The number of amides is 1. The Bertz CT molecular complexity index is 507. The summed E-state index contributed by atoms with van der Waals surface area (Å²) < 4.78 is 1.95. The number of imidazole rings is 1. The number of aryl methyl sites for hydroxylation is 1. The fraction of sp³-hybridized carbons (Fsp3) is 0.231. The molecule has 0 aliphatic heterocycles. The van der Waals surface area contributed by atoms with E-state index in [4.69, 9.17) is 5.73 Å². The van der Waals surface area contributed by atoms with Crippen molar-refractivity contribution in [3.63, 3.8) is 0 Å². The number of carbonyl (C=O) groups is 1. The number of nitrogen functional groups attached to an aromatic ring is 1. The Hall–Kier alpha value is -2.30. The van der Waals surface area contributed by atoms with E-state index in [0.717, 1.165) is 13.0 Å². The number of rotatable bonds is 5. The molecule has 3 N–H and O–H groups in total. The van der Waals surface area contributed by atoms with Gasteiger partial charge >= 0.3 is 0 Å². The third kappa shape index (κ3) is 3.35. The first kappa shape index (κ1) is 12.2. The van der Waals surface area contributed by atoms with Crippen LogP contribution in [0.5, 0.6) is 0 Å². The van der Waals surface area contributed by atoms with Gasteiger partial charge in [0.15, 0.2) is 0 Å². The molecule has 0 radical (unpaired) electrons. The second-order valence-electron chi connectivity index (χ2n) is 4.04. The Morgan fingerprint density at radius 1 is 1.39 bits per heavy atom. The lowest BCUT2D eigenvalue weighted by Crippen LogP contribution is -2.13. The zero-order valence-corrected chi connectivity index (χ0v) is 10.0. The molecule has 0 aliphatic rings. The van der Waals surface area contributed by atoms with Crippen molar-refractivity contribution >= 4 is 17.3 Å². The molecule has 2 aromatic rings. The SMILES string of the molecule is Nc1ccccc1NC(=O)CCCn1ccnc1. The molecule has 0 spiro atoms. The zero-order valence-electron chi connectivity index (χ0n) is 10.0. The highest BCUT2D eigenvalue weighted by Crippen LogP contribution is 2.16. The van der Waals surface area contributed by atoms with Crippen molar-refractivity contribution in [2.45, 2.75) is 19.4 Å². The van der Waals surface area contributed by atoms with E-state index in [1.54, 1.807) is 24.7 Å². The second-order valence-corrected chi connectivity index (χ2v) is 4.04. The first-order valence-electron chi connectivity index (χ1n) is 5.86. The van der Waals surface area contributed by atoms with Crippen molar-refractivity contribution in [3.05, 3.63) is 43.0 Å². The minimum atomic E-state index is -0.0204. The molecule has 1 heterocycles. The highest BCUT2D eigenvalue weighted by atomic mass is 16.1. The summed E-state index contributed by atoms with van der Waals surface area (Å²) in [5, 5.41) is 2.80. The molecular weight excluding hydrogens is 228 g/mol. The van der Waals surface area contributed by atoms with Gasteiger partial charge in [-0.25, -0.2) is 4.98 Å². The van der Waals surface area contributed by atoms with E-state index in [1.807, 2.05) is 22.9 Å². The topological polar surface area (TPSA) is 72.9 Å². The van der Waals surface area contributed by atoms with Crippen LogP contribution >= 0.6 is 0 Å². The van der Waals surface area contributed by atoms with Gasteiger partial charge in [0, 0.05) is 25.4 Å². The summed E-state index contributed by atoms with van der Waals surface area (Å²) >= 11 is 0. The number of carbonyl (C=O) groups excluding carboxylic acids is 1. The summed E-state index contributed by atoms with van der Waals surface area (Å²) in [4.78, 5) is 15.6. The Labute approximate surface area is 106 Å². The average molecular weight is 244 g/mol. The highest BCUT2D eigenvalue weighted by Gasteiger charge is 2.04. The van der Waals surface area contributed by atoms with Gasteiger partial charge in [0.2, 0.25) is 5.91 Å². The van der Waals surface area contributed by atoms with Gasteiger partial charge in [-0.15, -0.1) is 0 Å². The first-order chi connectivity index (χ1) is 8.75. The molecule has 94 valence electrons. The van der Waals surface area contributed by atoms with Gasteiger partial charge in [0.1, 0.15) is 0 Å². The van der Waals surface area contributed by atoms with Gasteiger partial charge in [-0.05, 0) is 18.6 Å². The van der Waals surface area contributed by atoms with E-state index in [9.17, 15) is 4.79 Å². The Morgan fingerprint density at radius 2 is 2.22 bits per heavy atom. The molecule has 0 saturated heterocycles. The van der Waals surface area contributed by atoms with Crippen LogP contribution in [0, 0.1) is 0 Å². The average Bonchev–Trinajstić information content (AvgIpc) is 2.85. The van der Waals surface area contributed by atoms with Crippen LogP contribution in [0.1, 0.15) is 12.8 Å². The molecule has 1 aromatic carbocycles. The highest BCUT2D eigenvalue weighted by molar-refractivity contribution is 5.93. The molecule has 0 aliphatic carbocycles. The Kier molecular flexibility index (Phi) is 3.96. The summed E-state index contributed by atoms with van der Waals surface area (Å²) in [7, 11) is 0. The number of aromatic nitrogens is 2. The minimum Gasteiger partial charge on any atom is -0.397 e. The van der Waals surface area contributed by atoms with Gasteiger partial charge in [-0.1, -0.05) is 12.1 Å².